The second kappa shape index (κ2) is 3.60. The number of hydrogen-bond donors (Lipinski definition) is 1. The summed E-state index contributed by atoms with van der Waals surface area (Å²) < 4.78 is 5.54. The van der Waals surface area contributed by atoms with E-state index in [0.29, 0.717) is 0 Å². The minimum absolute atomic E-state index is 0.152. The van der Waals surface area contributed by atoms with Crippen molar-refractivity contribution < 1.29 is 4.74 Å². The van der Waals surface area contributed by atoms with Gasteiger partial charge in [0.2, 0.25) is 0 Å². The molecule has 0 unspecified atom stereocenters. The molecular weight excluding hydrogens is 182 g/mol. The lowest BCUT2D eigenvalue weighted by atomic mass is 10.0. The van der Waals surface area contributed by atoms with E-state index in [0.717, 1.165) is 24.3 Å². The Morgan fingerprint density at radius 2 is 2.38 bits per heavy atom. The lowest BCUT2D eigenvalue weighted by Crippen LogP contribution is -2.20. The molecule has 70 valence electrons. The van der Waals surface area contributed by atoms with Gasteiger partial charge >= 0.3 is 0 Å². The number of benzene rings is 1. The number of rotatable bonds is 1. The predicted octanol–water partition coefficient (Wildman–Crippen LogP) is 2.19. The molecule has 0 spiro atoms. The third-order valence-electron chi connectivity index (χ3n) is 2.31. The van der Waals surface area contributed by atoms with Gasteiger partial charge in [-0.1, -0.05) is 6.07 Å². The monoisotopic (exact) mass is 195 g/mol. The molecule has 0 saturated heterocycles. The van der Waals surface area contributed by atoms with Crippen molar-refractivity contribution in [2.24, 2.45) is 5.73 Å². The van der Waals surface area contributed by atoms with Crippen LogP contribution in [0.4, 0.5) is 0 Å². The molecule has 1 aliphatic rings. The molecule has 2 N–H and O–H groups in total. The number of thioether (sulfide) groups is 1. The van der Waals surface area contributed by atoms with E-state index in [2.05, 4.69) is 24.5 Å². The molecule has 1 atom stereocenters. The Bertz CT molecular complexity index is 314. The minimum Gasteiger partial charge on any atom is -0.493 e. The average molecular weight is 195 g/mol. The van der Waals surface area contributed by atoms with Crippen LogP contribution in [0.5, 0.6) is 5.75 Å². The summed E-state index contributed by atoms with van der Waals surface area (Å²) in [6.07, 6.45) is 2.98. The van der Waals surface area contributed by atoms with Crippen molar-refractivity contribution in [3.05, 3.63) is 23.8 Å². The third kappa shape index (κ3) is 1.67. The highest BCUT2D eigenvalue weighted by molar-refractivity contribution is 7.98. The largest absolute Gasteiger partial charge is 0.493 e. The fourth-order valence-corrected chi connectivity index (χ4v) is 1.95. The van der Waals surface area contributed by atoms with Crippen LogP contribution in [0, 0.1) is 0 Å². The van der Waals surface area contributed by atoms with Gasteiger partial charge in [-0.05, 0) is 18.4 Å². The maximum atomic E-state index is 5.95. The van der Waals surface area contributed by atoms with Crippen molar-refractivity contribution in [1.82, 2.24) is 0 Å². The van der Waals surface area contributed by atoms with E-state index in [1.54, 1.807) is 11.8 Å². The number of ether oxygens (including phenoxy) is 1. The third-order valence-corrected chi connectivity index (χ3v) is 3.03. The molecule has 2 nitrogen and oxygen atoms in total. The Labute approximate surface area is 82.5 Å². The molecule has 1 aliphatic heterocycles. The van der Waals surface area contributed by atoms with Crippen molar-refractivity contribution in [2.45, 2.75) is 17.4 Å². The first kappa shape index (κ1) is 8.91. The van der Waals surface area contributed by atoms with Crippen LogP contribution in [-0.4, -0.2) is 12.9 Å². The van der Waals surface area contributed by atoms with E-state index in [9.17, 15) is 0 Å². The number of fused-ring (bicyclic) bond motifs is 1. The fraction of sp³-hybridized carbons (Fsp3) is 0.400. The summed E-state index contributed by atoms with van der Waals surface area (Å²) in [6, 6.07) is 6.39. The second-order valence-electron chi connectivity index (χ2n) is 3.15. The highest BCUT2D eigenvalue weighted by Gasteiger charge is 2.17. The first-order valence-corrected chi connectivity index (χ1v) is 5.60. The molecule has 1 heterocycles. The normalized spacial score (nSPS) is 20.6. The molecule has 0 aliphatic carbocycles. The topological polar surface area (TPSA) is 35.2 Å². The Morgan fingerprint density at radius 1 is 1.54 bits per heavy atom. The zero-order chi connectivity index (χ0) is 9.26. The van der Waals surface area contributed by atoms with Gasteiger partial charge in [0.1, 0.15) is 5.75 Å². The molecule has 0 radical (unpaired) electrons. The first-order chi connectivity index (χ1) is 6.31. The van der Waals surface area contributed by atoms with Gasteiger partial charge in [0.05, 0.1) is 6.61 Å². The van der Waals surface area contributed by atoms with E-state index in [1.165, 1.54) is 4.90 Å². The molecule has 0 aromatic heterocycles. The summed E-state index contributed by atoms with van der Waals surface area (Å²) in [6.45, 7) is 0.742. The van der Waals surface area contributed by atoms with Crippen LogP contribution in [0.2, 0.25) is 0 Å². The van der Waals surface area contributed by atoms with Crippen molar-refractivity contribution in [3.63, 3.8) is 0 Å². The van der Waals surface area contributed by atoms with Gasteiger partial charge in [0, 0.05) is 22.9 Å². The quantitative estimate of drug-likeness (QED) is 0.698. The van der Waals surface area contributed by atoms with Crippen molar-refractivity contribution in [2.75, 3.05) is 12.9 Å². The van der Waals surface area contributed by atoms with Crippen LogP contribution in [0.15, 0.2) is 23.1 Å². The summed E-state index contributed by atoms with van der Waals surface area (Å²) in [5.41, 5.74) is 7.09. The van der Waals surface area contributed by atoms with E-state index in [1.807, 2.05) is 0 Å². The average Bonchev–Trinajstić information content (AvgIpc) is 2.18. The van der Waals surface area contributed by atoms with Gasteiger partial charge < -0.3 is 10.5 Å². The minimum atomic E-state index is 0.152. The number of hydrogen-bond acceptors (Lipinski definition) is 3. The smallest absolute Gasteiger partial charge is 0.125 e. The summed E-state index contributed by atoms with van der Waals surface area (Å²) in [5.74, 6) is 0.964. The van der Waals surface area contributed by atoms with Gasteiger partial charge in [-0.15, -0.1) is 11.8 Å². The SMILES string of the molecule is CSc1ccc2c(c1)OCC[C@@H]2N. The Morgan fingerprint density at radius 3 is 3.15 bits per heavy atom. The molecule has 0 bridgehead atoms. The summed E-state index contributed by atoms with van der Waals surface area (Å²) in [7, 11) is 0. The van der Waals surface area contributed by atoms with Gasteiger partial charge in [-0.25, -0.2) is 0 Å². The lowest BCUT2D eigenvalue weighted by molar-refractivity contribution is 0.268. The van der Waals surface area contributed by atoms with E-state index < -0.39 is 0 Å². The lowest BCUT2D eigenvalue weighted by Gasteiger charge is -2.23. The van der Waals surface area contributed by atoms with Crippen LogP contribution >= 0.6 is 11.8 Å². The summed E-state index contributed by atoms with van der Waals surface area (Å²) in [4.78, 5) is 1.23. The standard InChI is InChI=1S/C10H13NOS/c1-13-7-2-3-8-9(11)4-5-12-10(8)6-7/h2-3,6,9H,4-5,11H2,1H3/t9-/m0/s1. The Balaban J connectivity index is 2.39. The first-order valence-electron chi connectivity index (χ1n) is 4.37. The van der Waals surface area contributed by atoms with Crippen molar-refractivity contribution in [3.8, 4) is 5.75 Å². The highest BCUT2D eigenvalue weighted by atomic mass is 32.2. The molecule has 13 heavy (non-hydrogen) atoms. The van der Waals surface area contributed by atoms with Gasteiger partial charge in [0.25, 0.3) is 0 Å². The van der Waals surface area contributed by atoms with Crippen LogP contribution in [-0.2, 0) is 0 Å². The maximum Gasteiger partial charge on any atom is 0.125 e. The molecule has 2 rings (SSSR count). The van der Waals surface area contributed by atoms with E-state index in [4.69, 9.17) is 10.5 Å². The van der Waals surface area contributed by atoms with Crippen LogP contribution in [0.1, 0.15) is 18.0 Å². The highest BCUT2D eigenvalue weighted by Crippen LogP contribution is 2.33. The molecule has 0 saturated carbocycles. The van der Waals surface area contributed by atoms with Crippen LogP contribution in [0.25, 0.3) is 0 Å². The zero-order valence-electron chi connectivity index (χ0n) is 7.62. The Hall–Kier alpha value is -0.670. The van der Waals surface area contributed by atoms with Gasteiger partial charge in [-0.3, -0.25) is 0 Å². The second-order valence-corrected chi connectivity index (χ2v) is 4.03. The molecule has 1 aromatic rings. The van der Waals surface area contributed by atoms with Crippen molar-refractivity contribution >= 4 is 11.8 Å². The van der Waals surface area contributed by atoms with E-state index >= 15 is 0 Å². The molecule has 0 fully saturated rings. The zero-order valence-corrected chi connectivity index (χ0v) is 8.43. The summed E-state index contributed by atoms with van der Waals surface area (Å²) >= 11 is 1.72. The molecule has 3 heteroatoms. The van der Waals surface area contributed by atoms with Crippen molar-refractivity contribution in [1.29, 1.82) is 0 Å². The maximum absolute atomic E-state index is 5.95. The van der Waals surface area contributed by atoms with Gasteiger partial charge in [-0.2, -0.15) is 0 Å². The van der Waals surface area contributed by atoms with Gasteiger partial charge in [0.15, 0.2) is 0 Å². The van der Waals surface area contributed by atoms with Crippen LogP contribution < -0.4 is 10.5 Å². The molecular formula is C10H13NOS. The Kier molecular flexibility index (Phi) is 2.47. The predicted molar refractivity (Wildman–Crippen MR) is 55.3 cm³/mol. The van der Waals surface area contributed by atoms with Crippen LogP contribution in [0.3, 0.4) is 0 Å². The molecule has 0 amide bonds. The van der Waals surface area contributed by atoms with E-state index in [-0.39, 0.29) is 6.04 Å². The molecule has 1 aromatic carbocycles. The number of nitrogens with two attached hydrogens (primary N) is 1. The summed E-state index contributed by atoms with van der Waals surface area (Å²) in [5, 5.41) is 0. The fourth-order valence-electron chi connectivity index (χ4n) is 1.52.